The van der Waals surface area contributed by atoms with Crippen LogP contribution in [0.1, 0.15) is 12.5 Å². The highest BCUT2D eigenvalue weighted by Crippen LogP contribution is 2.28. The molecule has 0 aliphatic rings. The highest BCUT2D eigenvalue weighted by atomic mass is 19.4. The van der Waals surface area contributed by atoms with Gasteiger partial charge in [0.05, 0.1) is 11.7 Å². The molecular weight excluding hydrogens is 326 g/mol. The summed E-state index contributed by atoms with van der Waals surface area (Å²) in [5.41, 5.74) is 2.90. The molecule has 24 heavy (non-hydrogen) atoms. The minimum absolute atomic E-state index is 0.433. The SMILES string of the molecule is Cc1cnn2ccc(-c3cnc(O[C@@H](C)C(F)(F)F)c(F)c3)cc12. The minimum atomic E-state index is -4.59. The van der Waals surface area contributed by atoms with E-state index in [2.05, 4.69) is 14.8 Å². The number of ether oxygens (including phenoxy) is 1. The van der Waals surface area contributed by atoms with E-state index in [0.29, 0.717) is 11.1 Å². The van der Waals surface area contributed by atoms with Crippen LogP contribution >= 0.6 is 0 Å². The summed E-state index contributed by atoms with van der Waals surface area (Å²) in [5, 5.41) is 4.14. The number of hydrogen-bond donors (Lipinski definition) is 0. The van der Waals surface area contributed by atoms with Crippen molar-refractivity contribution >= 4 is 5.52 Å². The van der Waals surface area contributed by atoms with Crippen molar-refractivity contribution in [3.63, 3.8) is 0 Å². The Kier molecular flexibility index (Phi) is 3.90. The van der Waals surface area contributed by atoms with Gasteiger partial charge in [-0.25, -0.2) is 13.9 Å². The quantitative estimate of drug-likeness (QED) is 0.672. The number of hydrogen-bond acceptors (Lipinski definition) is 3. The maximum absolute atomic E-state index is 14.0. The number of aryl methyl sites for hydroxylation is 1. The molecule has 3 heterocycles. The average Bonchev–Trinajstić information content (AvgIpc) is 2.89. The molecule has 1 atom stereocenters. The predicted octanol–water partition coefficient (Wildman–Crippen LogP) is 4.17. The third-order valence-corrected chi connectivity index (χ3v) is 3.60. The van der Waals surface area contributed by atoms with Gasteiger partial charge in [0, 0.05) is 18.0 Å². The molecule has 126 valence electrons. The van der Waals surface area contributed by atoms with Crippen LogP contribution in [0, 0.1) is 12.7 Å². The standard InChI is InChI=1S/C16H13F4N3O/c1-9-7-22-23-4-3-11(6-14(9)23)12-5-13(17)15(21-8-12)24-10(2)16(18,19)20/h3-8,10H,1-2H3/t10-/m0/s1. The van der Waals surface area contributed by atoms with E-state index in [-0.39, 0.29) is 0 Å². The zero-order valence-corrected chi connectivity index (χ0v) is 12.8. The molecule has 0 amide bonds. The van der Waals surface area contributed by atoms with Crippen molar-refractivity contribution in [1.29, 1.82) is 0 Å². The van der Waals surface area contributed by atoms with Gasteiger partial charge in [0.2, 0.25) is 0 Å². The summed E-state index contributed by atoms with van der Waals surface area (Å²) in [6, 6.07) is 4.62. The minimum Gasteiger partial charge on any atom is -0.463 e. The van der Waals surface area contributed by atoms with E-state index >= 15 is 0 Å². The van der Waals surface area contributed by atoms with Crippen molar-refractivity contribution in [2.45, 2.75) is 26.1 Å². The second kappa shape index (κ2) is 5.77. The Morgan fingerprint density at radius 3 is 2.58 bits per heavy atom. The third kappa shape index (κ3) is 3.04. The van der Waals surface area contributed by atoms with Gasteiger partial charge in [0.15, 0.2) is 11.9 Å². The summed E-state index contributed by atoms with van der Waals surface area (Å²) in [6.45, 7) is 2.69. The number of aromatic nitrogens is 3. The van der Waals surface area contributed by atoms with E-state index in [0.717, 1.165) is 24.1 Å². The number of pyridine rings is 2. The van der Waals surface area contributed by atoms with Gasteiger partial charge in [0.1, 0.15) is 0 Å². The van der Waals surface area contributed by atoms with Gasteiger partial charge in [-0.15, -0.1) is 0 Å². The third-order valence-electron chi connectivity index (χ3n) is 3.60. The van der Waals surface area contributed by atoms with Crippen molar-refractivity contribution in [2.24, 2.45) is 0 Å². The molecule has 0 saturated heterocycles. The topological polar surface area (TPSA) is 39.4 Å². The molecule has 0 spiro atoms. The highest BCUT2D eigenvalue weighted by molar-refractivity contribution is 5.70. The molecule has 0 aliphatic heterocycles. The lowest BCUT2D eigenvalue weighted by Gasteiger charge is -2.17. The van der Waals surface area contributed by atoms with Crippen molar-refractivity contribution < 1.29 is 22.3 Å². The first kappa shape index (κ1) is 16.2. The van der Waals surface area contributed by atoms with Crippen LogP contribution in [-0.4, -0.2) is 26.9 Å². The van der Waals surface area contributed by atoms with Gasteiger partial charge in [-0.2, -0.15) is 18.3 Å². The number of halogens is 4. The van der Waals surface area contributed by atoms with Gasteiger partial charge in [-0.1, -0.05) is 0 Å². The van der Waals surface area contributed by atoms with Crippen molar-refractivity contribution in [3.05, 3.63) is 48.2 Å². The molecule has 4 nitrogen and oxygen atoms in total. The van der Waals surface area contributed by atoms with Crippen molar-refractivity contribution in [1.82, 2.24) is 14.6 Å². The predicted molar refractivity (Wildman–Crippen MR) is 79.3 cm³/mol. The Bertz CT molecular complexity index is 889. The monoisotopic (exact) mass is 339 g/mol. The molecule has 0 radical (unpaired) electrons. The van der Waals surface area contributed by atoms with Crippen LogP contribution in [0.5, 0.6) is 5.88 Å². The first-order valence-corrected chi connectivity index (χ1v) is 7.09. The van der Waals surface area contributed by atoms with Crippen molar-refractivity contribution in [3.8, 4) is 17.0 Å². The van der Waals surface area contributed by atoms with E-state index in [1.165, 1.54) is 6.20 Å². The van der Waals surface area contributed by atoms with Gasteiger partial charge >= 0.3 is 6.18 Å². The van der Waals surface area contributed by atoms with Gasteiger partial charge in [-0.05, 0) is 43.2 Å². The summed E-state index contributed by atoms with van der Waals surface area (Å²) in [6.07, 6.45) is -2.04. The number of rotatable bonds is 3. The van der Waals surface area contributed by atoms with Gasteiger partial charge < -0.3 is 4.74 Å². The van der Waals surface area contributed by atoms with Gasteiger partial charge in [-0.3, -0.25) is 0 Å². The van der Waals surface area contributed by atoms with E-state index in [9.17, 15) is 17.6 Å². The van der Waals surface area contributed by atoms with Crippen LogP contribution in [0.25, 0.3) is 16.6 Å². The summed E-state index contributed by atoms with van der Waals surface area (Å²) in [5.74, 6) is -1.63. The second-order valence-corrected chi connectivity index (χ2v) is 5.39. The van der Waals surface area contributed by atoms with Crippen LogP contribution in [0.3, 0.4) is 0 Å². The smallest absolute Gasteiger partial charge is 0.425 e. The van der Waals surface area contributed by atoms with Crippen LogP contribution in [0.4, 0.5) is 17.6 Å². The molecule has 0 aliphatic carbocycles. The summed E-state index contributed by atoms with van der Waals surface area (Å²) in [7, 11) is 0. The maximum atomic E-state index is 14.0. The molecule has 0 fully saturated rings. The Hall–Kier alpha value is -2.64. The maximum Gasteiger partial charge on any atom is 0.425 e. The first-order chi connectivity index (χ1) is 11.3. The zero-order valence-electron chi connectivity index (χ0n) is 12.8. The Morgan fingerprint density at radius 1 is 1.17 bits per heavy atom. The molecule has 0 aromatic carbocycles. The normalized spacial score (nSPS) is 13.2. The Morgan fingerprint density at radius 2 is 1.92 bits per heavy atom. The Balaban J connectivity index is 1.92. The van der Waals surface area contributed by atoms with E-state index in [1.807, 2.05) is 6.92 Å². The fourth-order valence-electron chi connectivity index (χ4n) is 2.19. The van der Waals surface area contributed by atoms with Crippen LogP contribution in [-0.2, 0) is 0 Å². The fraction of sp³-hybridized carbons (Fsp3) is 0.250. The summed E-state index contributed by atoms with van der Waals surface area (Å²) < 4.78 is 57.7. The average molecular weight is 339 g/mol. The lowest BCUT2D eigenvalue weighted by molar-refractivity contribution is -0.190. The summed E-state index contributed by atoms with van der Waals surface area (Å²) >= 11 is 0. The number of alkyl halides is 3. The molecule has 3 aromatic rings. The highest BCUT2D eigenvalue weighted by Gasteiger charge is 2.38. The lowest BCUT2D eigenvalue weighted by Crippen LogP contribution is -2.31. The molecule has 3 aromatic heterocycles. The molecule has 0 bridgehead atoms. The molecule has 0 N–H and O–H groups in total. The van der Waals surface area contributed by atoms with E-state index in [4.69, 9.17) is 0 Å². The van der Waals surface area contributed by atoms with Crippen LogP contribution in [0.2, 0.25) is 0 Å². The van der Waals surface area contributed by atoms with Crippen LogP contribution < -0.4 is 4.74 Å². The van der Waals surface area contributed by atoms with Crippen molar-refractivity contribution in [2.75, 3.05) is 0 Å². The molecule has 8 heteroatoms. The fourth-order valence-corrected chi connectivity index (χ4v) is 2.19. The molecular formula is C16H13F4N3O. The summed E-state index contributed by atoms with van der Waals surface area (Å²) in [4.78, 5) is 3.68. The largest absolute Gasteiger partial charge is 0.463 e. The zero-order chi connectivity index (χ0) is 17.5. The molecule has 0 saturated carbocycles. The lowest BCUT2D eigenvalue weighted by atomic mass is 10.1. The second-order valence-electron chi connectivity index (χ2n) is 5.39. The molecule has 0 unspecified atom stereocenters. The van der Waals surface area contributed by atoms with Crippen LogP contribution in [0.15, 0.2) is 36.8 Å². The Labute approximate surface area is 134 Å². The van der Waals surface area contributed by atoms with E-state index in [1.54, 1.807) is 29.0 Å². The van der Waals surface area contributed by atoms with E-state index < -0.39 is 24.0 Å². The van der Waals surface area contributed by atoms with Gasteiger partial charge in [0.25, 0.3) is 5.88 Å². The first-order valence-electron chi connectivity index (χ1n) is 7.09. The number of nitrogens with zero attached hydrogens (tertiary/aromatic N) is 3. The molecule has 3 rings (SSSR count). The number of fused-ring (bicyclic) bond motifs is 1.